The number of hydrogen-bond acceptors (Lipinski definition) is 10. The fourth-order valence-electron chi connectivity index (χ4n) is 2.56. The summed E-state index contributed by atoms with van der Waals surface area (Å²) < 4.78 is 22.9. The molecule has 2 aromatic heterocycles. The van der Waals surface area contributed by atoms with Gasteiger partial charge in [0, 0.05) is 5.54 Å². The second kappa shape index (κ2) is 10.4. The third kappa shape index (κ3) is 5.73. The van der Waals surface area contributed by atoms with E-state index in [0.29, 0.717) is 11.2 Å². The monoisotopic (exact) mass is 435 g/mol. The van der Waals surface area contributed by atoms with E-state index < -0.39 is 38.5 Å². The van der Waals surface area contributed by atoms with Crippen molar-refractivity contribution in [1.82, 2.24) is 19.5 Å². The first-order chi connectivity index (χ1) is 11.8. The van der Waals surface area contributed by atoms with Crippen LogP contribution in [0.5, 0.6) is 0 Å². The molecule has 1 aliphatic rings. The molecule has 3 rings (SSSR count). The van der Waals surface area contributed by atoms with E-state index in [0.717, 1.165) is 5.54 Å². The fourth-order valence-corrected chi connectivity index (χ4v) is 3.06. The molecular weight excluding hydrogens is 423 g/mol. The van der Waals surface area contributed by atoms with E-state index in [1.807, 2.05) is 0 Å². The Kier molecular flexibility index (Phi) is 9.84. The summed E-state index contributed by atoms with van der Waals surface area (Å²) in [6, 6.07) is 0. The first-order valence-corrected chi connectivity index (χ1v) is 9.14. The van der Waals surface area contributed by atoms with Crippen LogP contribution in [0.25, 0.3) is 11.2 Å². The maximum absolute atomic E-state index is 10.8. The summed E-state index contributed by atoms with van der Waals surface area (Å²) in [5.74, 6) is 0.153. The number of ether oxygens (including phenoxy) is 2. The van der Waals surface area contributed by atoms with Gasteiger partial charge in [0.25, 0.3) is 0 Å². The molecule has 1 aliphatic heterocycles. The number of aliphatic hydroxyl groups excluding tert-OH is 1. The number of nitrogens with zero attached hydrogens (tertiary/aromatic N) is 4. The second-order valence-electron chi connectivity index (χ2n) is 5.25. The van der Waals surface area contributed by atoms with Crippen LogP contribution in [0.2, 0.25) is 0 Å². The van der Waals surface area contributed by atoms with Crippen LogP contribution in [0.1, 0.15) is 6.23 Å². The standard InChI is InChI=1S/C12H15ClN5O6P.2Na/c13-2-1-6-9(23-5-25(20,21)22)8(19)12(24-6)18-4-17-7-10(14)15-3-16-11(7)18;;/h1-4,6,8-9,12,19H,5H2,(H2,14,15,16)(H2,20,21,22);;/q;2*+1/p-2/b2-1+;;/t6-,8+,9-,12+;;/m0../s1. The first kappa shape index (κ1) is 25.4. The minimum atomic E-state index is -4.92. The van der Waals surface area contributed by atoms with Crippen LogP contribution >= 0.6 is 19.2 Å². The molecule has 3 N–H and O–H groups in total. The molecule has 0 saturated carbocycles. The Labute approximate surface area is 203 Å². The molecule has 1 saturated heterocycles. The van der Waals surface area contributed by atoms with Crippen LogP contribution in [0.15, 0.2) is 24.3 Å². The zero-order valence-corrected chi connectivity index (χ0v) is 20.2. The van der Waals surface area contributed by atoms with E-state index in [9.17, 15) is 19.5 Å². The van der Waals surface area contributed by atoms with Crippen molar-refractivity contribution in [3.05, 3.63) is 24.3 Å². The van der Waals surface area contributed by atoms with E-state index in [-0.39, 0.29) is 64.9 Å². The van der Waals surface area contributed by atoms with Gasteiger partial charge in [-0.3, -0.25) is 4.57 Å². The Bertz CT molecular complexity index is 851. The molecule has 11 nitrogen and oxygen atoms in total. The summed E-state index contributed by atoms with van der Waals surface area (Å²) in [5, 5.41) is 10.5. The van der Waals surface area contributed by atoms with Crippen molar-refractivity contribution >= 4 is 36.2 Å². The molecule has 4 atom stereocenters. The maximum Gasteiger partial charge on any atom is 1.00 e. The van der Waals surface area contributed by atoms with E-state index in [4.69, 9.17) is 26.8 Å². The number of anilines is 1. The second-order valence-corrected chi connectivity index (χ2v) is 6.99. The number of rotatable bonds is 5. The molecule has 0 aromatic carbocycles. The van der Waals surface area contributed by atoms with Gasteiger partial charge in [-0.05, 0) is 13.7 Å². The summed E-state index contributed by atoms with van der Waals surface area (Å²) in [7, 11) is -4.92. The third-order valence-electron chi connectivity index (χ3n) is 3.60. The Morgan fingerprint density at radius 1 is 1.41 bits per heavy atom. The van der Waals surface area contributed by atoms with Gasteiger partial charge < -0.3 is 34.7 Å². The van der Waals surface area contributed by atoms with Crippen molar-refractivity contribution in [2.75, 3.05) is 12.1 Å². The fraction of sp³-hybridized carbons (Fsp3) is 0.417. The topological polar surface area (TPSA) is 172 Å². The molecule has 15 heteroatoms. The Hall–Kier alpha value is 0.410. The van der Waals surface area contributed by atoms with Crippen LogP contribution in [0.3, 0.4) is 0 Å². The third-order valence-corrected chi connectivity index (χ3v) is 4.21. The summed E-state index contributed by atoms with van der Waals surface area (Å²) in [6.07, 6.45) is -1.51. The largest absolute Gasteiger partial charge is 1.00 e. The first-order valence-electron chi connectivity index (χ1n) is 6.98. The number of halogens is 1. The van der Waals surface area contributed by atoms with Crippen molar-refractivity contribution in [2.24, 2.45) is 0 Å². The van der Waals surface area contributed by atoms with E-state index >= 15 is 0 Å². The molecule has 0 amide bonds. The van der Waals surface area contributed by atoms with Gasteiger partial charge in [0.15, 0.2) is 17.7 Å². The number of nitrogen functional groups attached to an aromatic ring is 1. The molecule has 2 aromatic rings. The van der Waals surface area contributed by atoms with Gasteiger partial charge in [0.05, 0.1) is 12.7 Å². The number of nitrogens with two attached hydrogens (primary N) is 1. The minimum absolute atomic E-state index is 0. The number of aliphatic hydroxyl groups is 1. The molecule has 1 fully saturated rings. The molecule has 0 aliphatic carbocycles. The van der Waals surface area contributed by atoms with Gasteiger partial charge >= 0.3 is 59.1 Å². The van der Waals surface area contributed by atoms with Crippen molar-refractivity contribution < 1.29 is 88.0 Å². The summed E-state index contributed by atoms with van der Waals surface area (Å²) >= 11 is 5.54. The predicted molar refractivity (Wildman–Crippen MR) is 82.0 cm³/mol. The summed E-state index contributed by atoms with van der Waals surface area (Å²) in [5.41, 5.74) is 7.48. The Balaban J connectivity index is 0.00000182. The molecule has 0 bridgehead atoms. The van der Waals surface area contributed by atoms with E-state index in [2.05, 4.69) is 15.0 Å². The normalized spacial score (nSPS) is 25.5. The predicted octanol–water partition coefficient (Wildman–Crippen LogP) is -7.32. The zero-order valence-electron chi connectivity index (χ0n) is 14.5. The Morgan fingerprint density at radius 3 is 2.74 bits per heavy atom. The average Bonchev–Trinajstić information content (AvgIpc) is 3.08. The van der Waals surface area contributed by atoms with Gasteiger partial charge in [-0.25, -0.2) is 15.0 Å². The van der Waals surface area contributed by atoms with Gasteiger partial charge in [0.2, 0.25) is 0 Å². The van der Waals surface area contributed by atoms with Crippen LogP contribution in [0, 0.1) is 0 Å². The molecule has 136 valence electrons. The SMILES string of the molecule is Nc1ncnc2c1ncn2[C@@H]1O[C@@H](/C=C/Cl)[C@H](OCP(=O)([O-])[O-])[C@H]1O.[Na+].[Na+]. The summed E-state index contributed by atoms with van der Waals surface area (Å²) in [6.45, 7) is 0. The molecule has 0 spiro atoms. The van der Waals surface area contributed by atoms with Crippen molar-refractivity contribution in [1.29, 1.82) is 0 Å². The number of aromatic nitrogens is 4. The smallest absolute Gasteiger partial charge is 0.809 e. The summed E-state index contributed by atoms with van der Waals surface area (Å²) in [4.78, 5) is 33.6. The number of hydrogen-bond donors (Lipinski definition) is 2. The van der Waals surface area contributed by atoms with E-state index in [1.165, 1.54) is 23.3 Å². The van der Waals surface area contributed by atoms with Crippen molar-refractivity contribution in [3.8, 4) is 0 Å². The molecule has 3 heterocycles. The van der Waals surface area contributed by atoms with Crippen LogP contribution in [0.4, 0.5) is 5.82 Å². The molecule has 0 radical (unpaired) electrons. The van der Waals surface area contributed by atoms with Gasteiger partial charge in [-0.2, -0.15) is 0 Å². The zero-order chi connectivity index (χ0) is 18.2. The van der Waals surface area contributed by atoms with Gasteiger partial charge in [-0.15, -0.1) is 0 Å². The van der Waals surface area contributed by atoms with Gasteiger partial charge in [0.1, 0.15) is 30.2 Å². The number of imidazole rings is 1. The van der Waals surface area contributed by atoms with Crippen molar-refractivity contribution in [3.63, 3.8) is 0 Å². The van der Waals surface area contributed by atoms with Crippen molar-refractivity contribution in [2.45, 2.75) is 24.5 Å². The van der Waals surface area contributed by atoms with Gasteiger partial charge in [-0.1, -0.05) is 11.6 Å². The average molecular weight is 436 g/mol. The Morgan fingerprint density at radius 2 is 2.11 bits per heavy atom. The van der Waals surface area contributed by atoms with E-state index in [1.54, 1.807) is 0 Å². The minimum Gasteiger partial charge on any atom is -0.809 e. The van der Waals surface area contributed by atoms with Crippen LogP contribution in [-0.2, 0) is 14.0 Å². The molecule has 27 heavy (non-hydrogen) atoms. The van der Waals surface area contributed by atoms with Crippen LogP contribution < -0.4 is 74.6 Å². The number of fused-ring (bicyclic) bond motifs is 1. The molecular formula is C12H13ClN5Na2O6P. The van der Waals surface area contributed by atoms with Crippen LogP contribution in [-0.4, -0.2) is 49.3 Å². The molecule has 0 unspecified atom stereocenters. The maximum atomic E-state index is 10.8. The quantitative estimate of drug-likeness (QED) is 0.339.